The fourth-order valence-electron chi connectivity index (χ4n) is 1.49. The molecule has 0 bridgehead atoms. The Morgan fingerprint density at radius 3 is 2.76 bits per heavy atom. The Hall–Kier alpha value is -1.58. The number of amides is 1. The first-order valence-corrected chi connectivity index (χ1v) is 5.78. The van der Waals surface area contributed by atoms with Gasteiger partial charge in [-0.25, -0.2) is 4.39 Å². The van der Waals surface area contributed by atoms with Crippen LogP contribution in [0, 0.1) is 12.7 Å². The molecule has 0 aliphatic heterocycles. The SMILES string of the molecule is Cc1ccc(F)cc1NCCC(=O)NC(C)C. The maximum absolute atomic E-state index is 13.0. The highest BCUT2D eigenvalue weighted by Crippen LogP contribution is 2.15. The van der Waals surface area contributed by atoms with E-state index in [4.69, 9.17) is 0 Å². The number of benzene rings is 1. The van der Waals surface area contributed by atoms with Gasteiger partial charge in [-0.05, 0) is 38.5 Å². The van der Waals surface area contributed by atoms with Gasteiger partial charge in [-0.1, -0.05) is 6.07 Å². The van der Waals surface area contributed by atoms with Crippen molar-refractivity contribution in [3.63, 3.8) is 0 Å². The van der Waals surface area contributed by atoms with E-state index >= 15 is 0 Å². The second-order valence-electron chi connectivity index (χ2n) is 4.36. The summed E-state index contributed by atoms with van der Waals surface area (Å²) in [7, 11) is 0. The fourth-order valence-corrected chi connectivity index (χ4v) is 1.49. The average Bonchev–Trinajstić information content (AvgIpc) is 2.22. The van der Waals surface area contributed by atoms with Crippen LogP contribution in [0.1, 0.15) is 25.8 Å². The number of hydrogen-bond acceptors (Lipinski definition) is 2. The van der Waals surface area contributed by atoms with Gasteiger partial charge in [0, 0.05) is 24.7 Å². The third-order valence-corrected chi connectivity index (χ3v) is 2.32. The largest absolute Gasteiger partial charge is 0.384 e. The zero-order valence-corrected chi connectivity index (χ0v) is 10.5. The number of carbonyl (C=O) groups excluding carboxylic acids is 1. The fraction of sp³-hybridized carbons (Fsp3) is 0.462. The number of hydrogen-bond donors (Lipinski definition) is 2. The lowest BCUT2D eigenvalue weighted by Crippen LogP contribution is -2.31. The van der Waals surface area contributed by atoms with Gasteiger partial charge >= 0.3 is 0 Å². The van der Waals surface area contributed by atoms with Crippen LogP contribution in [0.2, 0.25) is 0 Å². The molecule has 0 radical (unpaired) electrons. The van der Waals surface area contributed by atoms with Crippen molar-refractivity contribution in [2.24, 2.45) is 0 Å². The molecule has 0 saturated carbocycles. The molecule has 3 nitrogen and oxygen atoms in total. The summed E-state index contributed by atoms with van der Waals surface area (Å²) < 4.78 is 13.0. The Kier molecular flexibility index (Phi) is 4.94. The lowest BCUT2D eigenvalue weighted by atomic mass is 10.2. The smallest absolute Gasteiger partial charge is 0.221 e. The molecule has 2 N–H and O–H groups in total. The molecule has 1 aromatic rings. The first-order valence-electron chi connectivity index (χ1n) is 5.78. The first-order chi connectivity index (χ1) is 7.99. The Morgan fingerprint density at radius 1 is 1.41 bits per heavy atom. The van der Waals surface area contributed by atoms with Gasteiger partial charge in [-0.15, -0.1) is 0 Å². The van der Waals surface area contributed by atoms with E-state index in [0.717, 1.165) is 11.3 Å². The summed E-state index contributed by atoms with van der Waals surface area (Å²) in [6.45, 7) is 6.24. The van der Waals surface area contributed by atoms with E-state index in [1.165, 1.54) is 12.1 Å². The maximum Gasteiger partial charge on any atom is 0.221 e. The van der Waals surface area contributed by atoms with Crippen LogP contribution < -0.4 is 10.6 Å². The minimum Gasteiger partial charge on any atom is -0.384 e. The maximum atomic E-state index is 13.0. The molecule has 0 saturated heterocycles. The molecule has 0 heterocycles. The summed E-state index contributed by atoms with van der Waals surface area (Å²) in [5.74, 6) is -0.272. The molecule has 0 atom stereocenters. The van der Waals surface area contributed by atoms with Gasteiger partial charge in [0.15, 0.2) is 0 Å². The van der Waals surface area contributed by atoms with Crippen LogP contribution in [0.15, 0.2) is 18.2 Å². The monoisotopic (exact) mass is 238 g/mol. The molecular weight excluding hydrogens is 219 g/mol. The highest BCUT2D eigenvalue weighted by Gasteiger charge is 2.04. The molecule has 1 aromatic carbocycles. The zero-order valence-electron chi connectivity index (χ0n) is 10.5. The minimum atomic E-state index is -0.273. The molecule has 0 spiro atoms. The number of nitrogens with one attached hydrogen (secondary N) is 2. The van der Waals surface area contributed by atoms with Crippen molar-refractivity contribution >= 4 is 11.6 Å². The molecule has 1 rings (SSSR count). The normalized spacial score (nSPS) is 10.4. The van der Waals surface area contributed by atoms with Crippen LogP contribution in [0.3, 0.4) is 0 Å². The summed E-state index contributed by atoms with van der Waals surface area (Å²) in [5, 5.41) is 5.86. The van der Waals surface area contributed by atoms with Gasteiger partial charge in [0.1, 0.15) is 5.82 Å². The molecule has 1 amide bonds. The van der Waals surface area contributed by atoms with Crippen molar-refractivity contribution in [2.45, 2.75) is 33.2 Å². The Morgan fingerprint density at radius 2 is 2.12 bits per heavy atom. The van der Waals surface area contributed by atoms with Crippen molar-refractivity contribution in [2.75, 3.05) is 11.9 Å². The highest BCUT2D eigenvalue weighted by molar-refractivity contribution is 5.76. The Bertz CT molecular complexity index is 391. The number of carbonyl (C=O) groups is 1. The topological polar surface area (TPSA) is 41.1 Å². The van der Waals surface area contributed by atoms with Gasteiger partial charge in [0.2, 0.25) is 5.91 Å². The first kappa shape index (κ1) is 13.5. The second kappa shape index (κ2) is 6.23. The van der Waals surface area contributed by atoms with Crippen LogP contribution in [0.5, 0.6) is 0 Å². The van der Waals surface area contributed by atoms with Crippen molar-refractivity contribution in [1.82, 2.24) is 5.32 Å². The molecular formula is C13H19FN2O. The molecule has 17 heavy (non-hydrogen) atoms. The molecule has 94 valence electrons. The van der Waals surface area contributed by atoms with Crippen molar-refractivity contribution in [3.8, 4) is 0 Å². The van der Waals surface area contributed by atoms with Gasteiger partial charge in [0.05, 0.1) is 0 Å². The number of rotatable bonds is 5. The van der Waals surface area contributed by atoms with Crippen LogP contribution in [-0.4, -0.2) is 18.5 Å². The number of aryl methyl sites for hydroxylation is 1. The van der Waals surface area contributed by atoms with Gasteiger partial charge < -0.3 is 10.6 Å². The summed E-state index contributed by atoms with van der Waals surface area (Å²) in [6.07, 6.45) is 0.383. The Balaban J connectivity index is 2.40. The van der Waals surface area contributed by atoms with Gasteiger partial charge in [-0.2, -0.15) is 0 Å². The van der Waals surface area contributed by atoms with E-state index in [-0.39, 0.29) is 17.8 Å². The predicted molar refractivity (Wildman–Crippen MR) is 67.5 cm³/mol. The van der Waals surface area contributed by atoms with E-state index in [1.807, 2.05) is 20.8 Å². The van der Waals surface area contributed by atoms with E-state index in [1.54, 1.807) is 6.07 Å². The molecule has 4 heteroatoms. The van der Waals surface area contributed by atoms with Crippen LogP contribution in [0.25, 0.3) is 0 Å². The standard InChI is InChI=1S/C13H19FN2O/c1-9(2)16-13(17)6-7-15-12-8-11(14)5-4-10(12)3/h4-5,8-9,15H,6-7H2,1-3H3,(H,16,17). The van der Waals surface area contributed by atoms with Crippen LogP contribution in [0.4, 0.5) is 10.1 Å². The lowest BCUT2D eigenvalue weighted by Gasteiger charge is -2.11. The van der Waals surface area contributed by atoms with E-state index in [2.05, 4.69) is 10.6 Å². The third-order valence-electron chi connectivity index (χ3n) is 2.32. The highest BCUT2D eigenvalue weighted by atomic mass is 19.1. The molecule has 0 unspecified atom stereocenters. The van der Waals surface area contributed by atoms with Gasteiger partial charge in [-0.3, -0.25) is 4.79 Å². The van der Waals surface area contributed by atoms with Crippen molar-refractivity contribution in [1.29, 1.82) is 0 Å². The summed E-state index contributed by atoms with van der Waals surface area (Å²) in [4.78, 5) is 11.4. The van der Waals surface area contributed by atoms with E-state index in [0.29, 0.717) is 13.0 Å². The quantitative estimate of drug-likeness (QED) is 0.827. The molecule has 0 aliphatic rings. The summed E-state index contributed by atoms with van der Waals surface area (Å²) in [6, 6.07) is 4.73. The van der Waals surface area contributed by atoms with Crippen molar-refractivity contribution < 1.29 is 9.18 Å². The number of anilines is 1. The van der Waals surface area contributed by atoms with E-state index in [9.17, 15) is 9.18 Å². The second-order valence-corrected chi connectivity index (χ2v) is 4.36. The molecule has 0 aromatic heterocycles. The Labute approximate surface area is 101 Å². The number of halogens is 1. The minimum absolute atomic E-state index is 0.00144. The molecule has 0 fully saturated rings. The molecule has 0 aliphatic carbocycles. The predicted octanol–water partition coefficient (Wildman–Crippen LogP) is 2.46. The lowest BCUT2D eigenvalue weighted by molar-refractivity contribution is -0.121. The van der Waals surface area contributed by atoms with Crippen LogP contribution in [-0.2, 0) is 4.79 Å². The zero-order chi connectivity index (χ0) is 12.8. The average molecular weight is 238 g/mol. The van der Waals surface area contributed by atoms with Gasteiger partial charge in [0.25, 0.3) is 0 Å². The third kappa shape index (κ3) is 4.85. The van der Waals surface area contributed by atoms with Crippen LogP contribution >= 0.6 is 0 Å². The van der Waals surface area contributed by atoms with Crippen molar-refractivity contribution in [3.05, 3.63) is 29.6 Å². The van der Waals surface area contributed by atoms with E-state index < -0.39 is 0 Å². The summed E-state index contributed by atoms with van der Waals surface area (Å²) >= 11 is 0. The summed E-state index contributed by atoms with van der Waals surface area (Å²) in [5.41, 5.74) is 1.71.